The third kappa shape index (κ3) is 3.65. The normalized spacial score (nSPS) is 24.4. The molecule has 0 aliphatic carbocycles. The number of carbonyl (C=O) groups excluding carboxylic acids is 2. The van der Waals surface area contributed by atoms with Gasteiger partial charge < -0.3 is 19.5 Å². The summed E-state index contributed by atoms with van der Waals surface area (Å²) >= 11 is 0. The van der Waals surface area contributed by atoms with Crippen LogP contribution in [0.4, 0.5) is 4.79 Å². The summed E-state index contributed by atoms with van der Waals surface area (Å²) in [6, 6.07) is 0. The molecule has 2 amide bonds. The molecule has 2 aliphatic heterocycles. The maximum atomic E-state index is 12.4. The van der Waals surface area contributed by atoms with Crippen LogP contribution in [0.2, 0.25) is 0 Å². The van der Waals surface area contributed by atoms with E-state index < -0.39 is 5.60 Å². The number of carbonyl (C=O) groups is 2. The Bertz CT molecular complexity index is 586. The molecule has 2 aliphatic rings. The molecule has 3 heterocycles. The van der Waals surface area contributed by atoms with E-state index in [0.717, 1.165) is 44.6 Å². The number of ether oxygens (including phenoxy) is 1. The van der Waals surface area contributed by atoms with Crippen LogP contribution in [-0.4, -0.2) is 51.7 Å². The van der Waals surface area contributed by atoms with Crippen molar-refractivity contribution in [2.45, 2.75) is 51.2 Å². The minimum Gasteiger partial charge on any atom is -0.441 e. The van der Waals surface area contributed by atoms with Crippen molar-refractivity contribution in [2.24, 2.45) is 0 Å². The van der Waals surface area contributed by atoms with Gasteiger partial charge in [-0.05, 0) is 26.2 Å². The van der Waals surface area contributed by atoms with Crippen molar-refractivity contribution in [3.63, 3.8) is 0 Å². The van der Waals surface area contributed by atoms with Gasteiger partial charge in [0.1, 0.15) is 11.4 Å². The van der Waals surface area contributed by atoms with E-state index in [1.165, 1.54) is 0 Å². The van der Waals surface area contributed by atoms with Gasteiger partial charge >= 0.3 is 6.09 Å². The smallest absolute Gasteiger partial charge is 0.407 e. The summed E-state index contributed by atoms with van der Waals surface area (Å²) < 4.78 is 7.51. The topological polar surface area (TPSA) is 76.5 Å². The first-order chi connectivity index (χ1) is 11.1. The van der Waals surface area contributed by atoms with E-state index in [1.807, 2.05) is 18.0 Å². The van der Waals surface area contributed by atoms with Crippen LogP contribution in [0.1, 0.15) is 37.9 Å². The fraction of sp³-hybridized carbons (Fsp3) is 0.688. The summed E-state index contributed by atoms with van der Waals surface area (Å²) in [6.07, 6.45) is 7.17. The number of nitrogens with zero attached hydrogens (tertiary/aromatic N) is 3. The van der Waals surface area contributed by atoms with Gasteiger partial charge in [0.15, 0.2) is 0 Å². The standard InChI is InChI=1S/C16H24N4O3/c1-13-17-7-11-19(13)8-2-4-14(21)20-9-3-5-16(6-10-20)12-18-15(22)23-16/h7,11H,2-6,8-10,12H2,1H3,(H,18,22)/t16-/m1/s1. The zero-order chi connectivity index (χ0) is 16.3. The minimum atomic E-state index is -0.403. The van der Waals surface area contributed by atoms with Crippen LogP contribution in [0.3, 0.4) is 0 Å². The van der Waals surface area contributed by atoms with E-state index in [4.69, 9.17) is 4.74 Å². The van der Waals surface area contributed by atoms with Crippen LogP contribution < -0.4 is 5.32 Å². The van der Waals surface area contributed by atoms with Crippen LogP contribution in [0.25, 0.3) is 0 Å². The number of imidazole rings is 1. The van der Waals surface area contributed by atoms with Gasteiger partial charge in [-0.15, -0.1) is 0 Å². The molecule has 1 aromatic heterocycles. The van der Waals surface area contributed by atoms with E-state index in [0.29, 0.717) is 19.5 Å². The quantitative estimate of drug-likeness (QED) is 0.911. The summed E-state index contributed by atoms with van der Waals surface area (Å²) in [6.45, 7) is 4.76. The van der Waals surface area contributed by atoms with Crippen molar-refractivity contribution in [3.05, 3.63) is 18.2 Å². The van der Waals surface area contributed by atoms with Crippen molar-refractivity contribution in [1.29, 1.82) is 0 Å². The highest BCUT2D eigenvalue weighted by Crippen LogP contribution is 2.29. The molecular formula is C16H24N4O3. The van der Waals surface area contributed by atoms with Gasteiger partial charge in [-0.3, -0.25) is 4.79 Å². The molecule has 1 atom stereocenters. The van der Waals surface area contributed by atoms with Crippen LogP contribution in [0, 0.1) is 6.92 Å². The highest BCUT2D eigenvalue weighted by atomic mass is 16.6. The summed E-state index contributed by atoms with van der Waals surface area (Å²) in [7, 11) is 0. The van der Waals surface area contributed by atoms with E-state index >= 15 is 0 Å². The van der Waals surface area contributed by atoms with Crippen molar-refractivity contribution >= 4 is 12.0 Å². The summed E-state index contributed by atoms with van der Waals surface area (Å²) in [5, 5.41) is 2.73. The summed E-state index contributed by atoms with van der Waals surface area (Å²) in [5.74, 6) is 1.17. The van der Waals surface area contributed by atoms with Crippen molar-refractivity contribution in [2.75, 3.05) is 19.6 Å². The lowest BCUT2D eigenvalue weighted by atomic mass is 9.95. The van der Waals surface area contributed by atoms with Crippen LogP contribution >= 0.6 is 0 Å². The van der Waals surface area contributed by atoms with E-state index in [-0.39, 0.29) is 12.0 Å². The zero-order valence-corrected chi connectivity index (χ0v) is 13.6. The number of aryl methyl sites for hydroxylation is 2. The Morgan fingerprint density at radius 2 is 2.30 bits per heavy atom. The highest BCUT2D eigenvalue weighted by Gasteiger charge is 2.41. The number of hydrogen-bond acceptors (Lipinski definition) is 4. The highest BCUT2D eigenvalue weighted by molar-refractivity contribution is 5.76. The summed E-state index contributed by atoms with van der Waals surface area (Å²) in [5.41, 5.74) is -0.403. The second-order valence-electron chi connectivity index (χ2n) is 6.43. The predicted molar refractivity (Wildman–Crippen MR) is 83.8 cm³/mol. The maximum absolute atomic E-state index is 12.4. The Morgan fingerprint density at radius 3 is 3.00 bits per heavy atom. The molecule has 1 aromatic rings. The first-order valence-electron chi connectivity index (χ1n) is 8.30. The second kappa shape index (κ2) is 6.60. The van der Waals surface area contributed by atoms with Gasteiger partial charge in [0.2, 0.25) is 5.91 Å². The van der Waals surface area contributed by atoms with Crippen molar-refractivity contribution in [3.8, 4) is 0 Å². The molecule has 1 spiro atoms. The molecule has 2 fully saturated rings. The molecule has 0 aromatic carbocycles. The molecule has 1 N–H and O–H groups in total. The molecule has 0 bridgehead atoms. The van der Waals surface area contributed by atoms with Gasteiger partial charge in [-0.1, -0.05) is 0 Å². The Balaban J connectivity index is 1.46. The van der Waals surface area contributed by atoms with Gasteiger partial charge in [0.05, 0.1) is 6.54 Å². The first kappa shape index (κ1) is 15.8. The van der Waals surface area contributed by atoms with E-state index in [2.05, 4.69) is 14.9 Å². The Hall–Kier alpha value is -2.05. The van der Waals surface area contributed by atoms with E-state index in [1.54, 1.807) is 6.20 Å². The number of nitrogens with one attached hydrogen (secondary N) is 1. The number of hydrogen-bond donors (Lipinski definition) is 1. The van der Waals surface area contributed by atoms with Gasteiger partial charge in [-0.25, -0.2) is 9.78 Å². The molecular weight excluding hydrogens is 296 g/mol. The SMILES string of the molecule is Cc1nccn1CCCC(=O)N1CCC[C@@]2(CC1)CNC(=O)O2. The molecule has 3 rings (SSSR count). The average molecular weight is 320 g/mol. The van der Waals surface area contributed by atoms with Gasteiger partial charge in [-0.2, -0.15) is 0 Å². The Morgan fingerprint density at radius 1 is 1.43 bits per heavy atom. The molecule has 0 saturated carbocycles. The van der Waals surface area contributed by atoms with Crippen LogP contribution in [0.5, 0.6) is 0 Å². The molecule has 23 heavy (non-hydrogen) atoms. The number of rotatable bonds is 4. The number of aromatic nitrogens is 2. The first-order valence-corrected chi connectivity index (χ1v) is 8.30. The number of likely N-dealkylation sites (tertiary alicyclic amines) is 1. The second-order valence-corrected chi connectivity index (χ2v) is 6.43. The zero-order valence-electron chi connectivity index (χ0n) is 13.6. The predicted octanol–water partition coefficient (Wildman–Crippen LogP) is 1.46. The monoisotopic (exact) mass is 320 g/mol. The molecule has 0 unspecified atom stereocenters. The van der Waals surface area contributed by atoms with Crippen LogP contribution in [-0.2, 0) is 16.1 Å². The average Bonchev–Trinajstić information content (AvgIpc) is 3.02. The molecule has 0 radical (unpaired) electrons. The Labute approximate surface area is 136 Å². The maximum Gasteiger partial charge on any atom is 0.407 e. The molecule has 7 heteroatoms. The molecule has 126 valence electrons. The summed E-state index contributed by atoms with van der Waals surface area (Å²) in [4.78, 5) is 29.8. The third-order valence-electron chi connectivity index (χ3n) is 4.83. The Kier molecular flexibility index (Phi) is 4.54. The number of amides is 2. The fourth-order valence-electron chi connectivity index (χ4n) is 3.40. The lowest BCUT2D eigenvalue weighted by Crippen LogP contribution is -2.36. The van der Waals surface area contributed by atoms with Gasteiger partial charge in [0, 0.05) is 44.9 Å². The fourth-order valence-corrected chi connectivity index (χ4v) is 3.40. The molecule has 7 nitrogen and oxygen atoms in total. The van der Waals surface area contributed by atoms with Gasteiger partial charge in [0.25, 0.3) is 0 Å². The van der Waals surface area contributed by atoms with Crippen LogP contribution in [0.15, 0.2) is 12.4 Å². The minimum absolute atomic E-state index is 0.192. The number of alkyl carbamates (subject to hydrolysis) is 1. The van der Waals surface area contributed by atoms with Crippen molar-refractivity contribution in [1.82, 2.24) is 19.8 Å². The van der Waals surface area contributed by atoms with E-state index in [9.17, 15) is 9.59 Å². The lowest BCUT2D eigenvalue weighted by molar-refractivity contribution is -0.131. The largest absolute Gasteiger partial charge is 0.441 e. The lowest BCUT2D eigenvalue weighted by Gasteiger charge is -2.25. The third-order valence-corrected chi connectivity index (χ3v) is 4.83. The molecule has 2 saturated heterocycles. The van der Waals surface area contributed by atoms with Crippen molar-refractivity contribution < 1.29 is 14.3 Å².